The van der Waals surface area contributed by atoms with Crippen molar-refractivity contribution in [2.45, 2.75) is 13.0 Å². The summed E-state index contributed by atoms with van der Waals surface area (Å²) in [5, 5.41) is 10.7. The number of hydrogen-bond donors (Lipinski definition) is 0. The number of ether oxygens (including phenoxy) is 1. The van der Waals surface area contributed by atoms with Crippen molar-refractivity contribution in [3.8, 4) is 0 Å². The Morgan fingerprint density at radius 3 is 2.53 bits per heavy atom. The molecule has 1 aromatic carbocycles. The van der Waals surface area contributed by atoms with E-state index in [9.17, 15) is 14.9 Å². The van der Waals surface area contributed by atoms with Gasteiger partial charge in [0.15, 0.2) is 0 Å². The summed E-state index contributed by atoms with van der Waals surface area (Å²) < 4.78 is 4.64. The molecule has 1 aromatic rings. The van der Waals surface area contributed by atoms with Gasteiger partial charge in [-0.1, -0.05) is 30.3 Å². The third kappa shape index (κ3) is 2.77. The third-order valence-electron chi connectivity index (χ3n) is 1.84. The Kier molecular flexibility index (Phi) is 3.79. The van der Waals surface area contributed by atoms with Crippen molar-refractivity contribution in [2.75, 3.05) is 6.61 Å². The Bertz CT molecular complexity index is 350. The normalized spacial score (nSPS) is 11.8. The molecular formula is C10H11NO4. The summed E-state index contributed by atoms with van der Waals surface area (Å²) in [5.74, 6) is -0.825. The van der Waals surface area contributed by atoms with Crippen LogP contribution in [-0.2, 0) is 9.53 Å². The maximum absolute atomic E-state index is 11.3. The van der Waals surface area contributed by atoms with E-state index in [2.05, 4.69) is 4.74 Å². The number of rotatable bonds is 4. The zero-order valence-corrected chi connectivity index (χ0v) is 8.25. The van der Waals surface area contributed by atoms with Gasteiger partial charge < -0.3 is 4.74 Å². The lowest BCUT2D eigenvalue weighted by atomic mass is 10.1. The first-order chi connectivity index (χ1) is 7.16. The van der Waals surface area contributed by atoms with Crippen LogP contribution < -0.4 is 0 Å². The van der Waals surface area contributed by atoms with Gasteiger partial charge in [-0.05, 0) is 6.92 Å². The van der Waals surface area contributed by atoms with E-state index in [1.807, 2.05) is 0 Å². The molecule has 0 radical (unpaired) electrons. The van der Waals surface area contributed by atoms with Crippen LogP contribution in [-0.4, -0.2) is 17.5 Å². The molecule has 15 heavy (non-hydrogen) atoms. The van der Waals surface area contributed by atoms with Crippen LogP contribution in [0.2, 0.25) is 0 Å². The maximum Gasteiger partial charge on any atom is 0.386 e. The third-order valence-corrected chi connectivity index (χ3v) is 1.84. The van der Waals surface area contributed by atoms with E-state index in [1.165, 1.54) is 12.1 Å². The molecule has 0 saturated heterocycles. The van der Waals surface area contributed by atoms with Gasteiger partial charge in [0.1, 0.15) is 0 Å². The van der Waals surface area contributed by atoms with Gasteiger partial charge in [0.25, 0.3) is 0 Å². The smallest absolute Gasteiger partial charge is 0.386 e. The summed E-state index contributed by atoms with van der Waals surface area (Å²) >= 11 is 0. The molecule has 0 aliphatic carbocycles. The van der Waals surface area contributed by atoms with E-state index in [4.69, 9.17) is 0 Å². The summed E-state index contributed by atoms with van der Waals surface area (Å²) in [4.78, 5) is 21.4. The molecule has 1 unspecified atom stereocenters. The molecule has 80 valence electrons. The average molecular weight is 209 g/mol. The van der Waals surface area contributed by atoms with E-state index >= 15 is 0 Å². The molecule has 5 nitrogen and oxygen atoms in total. The van der Waals surface area contributed by atoms with Crippen LogP contribution >= 0.6 is 0 Å². The second kappa shape index (κ2) is 5.09. The topological polar surface area (TPSA) is 69.4 Å². The van der Waals surface area contributed by atoms with Crippen molar-refractivity contribution in [1.82, 2.24) is 0 Å². The quantitative estimate of drug-likeness (QED) is 0.428. The van der Waals surface area contributed by atoms with Gasteiger partial charge in [-0.15, -0.1) is 0 Å². The van der Waals surface area contributed by atoms with Crippen molar-refractivity contribution >= 4 is 5.97 Å². The molecule has 1 rings (SSSR count). The summed E-state index contributed by atoms with van der Waals surface area (Å²) in [5.41, 5.74) is 0.334. The van der Waals surface area contributed by atoms with E-state index in [0.29, 0.717) is 5.56 Å². The highest BCUT2D eigenvalue weighted by atomic mass is 16.6. The molecule has 0 aliphatic rings. The summed E-state index contributed by atoms with van der Waals surface area (Å²) in [7, 11) is 0. The van der Waals surface area contributed by atoms with Gasteiger partial charge in [0.2, 0.25) is 0 Å². The highest BCUT2D eigenvalue weighted by Gasteiger charge is 2.32. The first kappa shape index (κ1) is 11.2. The second-order valence-electron chi connectivity index (χ2n) is 2.85. The lowest BCUT2D eigenvalue weighted by Crippen LogP contribution is -2.23. The number of esters is 1. The van der Waals surface area contributed by atoms with E-state index < -0.39 is 16.9 Å². The van der Waals surface area contributed by atoms with Crippen molar-refractivity contribution in [2.24, 2.45) is 0 Å². The first-order valence-electron chi connectivity index (χ1n) is 4.52. The predicted molar refractivity (Wildman–Crippen MR) is 52.8 cm³/mol. The highest BCUT2D eigenvalue weighted by molar-refractivity contribution is 5.76. The van der Waals surface area contributed by atoms with Crippen molar-refractivity contribution < 1.29 is 14.5 Å². The molecule has 0 spiro atoms. The SMILES string of the molecule is CCOC(=O)C(c1ccccc1)[N+](=O)[O-]. The summed E-state index contributed by atoms with van der Waals surface area (Å²) in [6.45, 7) is 1.75. The Balaban J connectivity index is 2.94. The van der Waals surface area contributed by atoms with Gasteiger partial charge in [-0.25, -0.2) is 4.79 Å². The van der Waals surface area contributed by atoms with Crippen LogP contribution in [0.4, 0.5) is 0 Å². The Labute approximate surface area is 86.8 Å². The van der Waals surface area contributed by atoms with Gasteiger partial charge in [-0.2, -0.15) is 0 Å². The Hall–Kier alpha value is -1.91. The molecule has 0 amide bonds. The van der Waals surface area contributed by atoms with Crippen LogP contribution in [0, 0.1) is 10.1 Å². The number of carbonyl (C=O) groups excluding carboxylic acids is 1. The van der Waals surface area contributed by atoms with Crippen molar-refractivity contribution in [3.05, 3.63) is 46.0 Å². The van der Waals surface area contributed by atoms with E-state index in [-0.39, 0.29) is 6.61 Å². The molecular weight excluding hydrogens is 198 g/mol. The second-order valence-corrected chi connectivity index (χ2v) is 2.85. The van der Waals surface area contributed by atoms with Gasteiger partial charge in [-0.3, -0.25) is 10.1 Å². The zero-order valence-electron chi connectivity index (χ0n) is 8.25. The molecule has 0 bridgehead atoms. The number of carbonyl (C=O) groups is 1. The Morgan fingerprint density at radius 2 is 2.07 bits per heavy atom. The number of benzene rings is 1. The van der Waals surface area contributed by atoms with Crippen LogP contribution in [0.1, 0.15) is 18.5 Å². The van der Waals surface area contributed by atoms with Crippen LogP contribution in [0.25, 0.3) is 0 Å². The average Bonchev–Trinajstić information content (AvgIpc) is 2.19. The molecule has 0 fully saturated rings. The van der Waals surface area contributed by atoms with Crippen molar-refractivity contribution in [3.63, 3.8) is 0 Å². The fourth-order valence-electron chi connectivity index (χ4n) is 1.20. The fourth-order valence-corrected chi connectivity index (χ4v) is 1.20. The lowest BCUT2D eigenvalue weighted by molar-refractivity contribution is -0.516. The predicted octanol–water partition coefficient (Wildman–Crippen LogP) is 1.57. The standard InChI is InChI=1S/C10H11NO4/c1-2-15-10(12)9(11(13)14)8-6-4-3-5-7-8/h3-7,9H,2H2,1H3. The molecule has 0 heterocycles. The summed E-state index contributed by atoms with van der Waals surface area (Å²) in [6, 6.07) is 6.66. The minimum atomic E-state index is -1.42. The minimum Gasteiger partial charge on any atom is -0.461 e. The van der Waals surface area contributed by atoms with Gasteiger partial charge in [0, 0.05) is 10.5 Å². The van der Waals surface area contributed by atoms with Gasteiger partial charge >= 0.3 is 12.0 Å². The lowest BCUT2D eigenvalue weighted by Gasteiger charge is -2.07. The highest BCUT2D eigenvalue weighted by Crippen LogP contribution is 2.17. The van der Waals surface area contributed by atoms with E-state index in [0.717, 1.165) is 0 Å². The molecule has 0 saturated carbocycles. The minimum absolute atomic E-state index is 0.135. The van der Waals surface area contributed by atoms with Crippen LogP contribution in [0.3, 0.4) is 0 Å². The number of hydrogen-bond acceptors (Lipinski definition) is 4. The molecule has 0 aromatic heterocycles. The maximum atomic E-state index is 11.3. The Morgan fingerprint density at radius 1 is 1.47 bits per heavy atom. The monoisotopic (exact) mass is 209 g/mol. The molecule has 0 N–H and O–H groups in total. The van der Waals surface area contributed by atoms with Crippen molar-refractivity contribution in [1.29, 1.82) is 0 Å². The van der Waals surface area contributed by atoms with Crippen LogP contribution in [0.5, 0.6) is 0 Å². The largest absolute Gasteiger partial charge is 0.461 e. The van der Waals surface area contributed by atoms with Gasteiger partial charge in [0.05, 0.1) is 6.61 Å². The van der Waals surface area contributed by atoms with Crippen LogP contribution in [0.15, 0.2) is 30.3 Å². The molecule has 1 atom stereocenters. The molecule has 5 heteroatoms. The number of nitrogens with zero attached hydrogens (tertiary/aromatic N) is 1. The molecule has 0 aliphatic heterocycles. The fraction of sp³-hybridized carbons (Fsp3) is 0.300. The van der Waals surface area contributed by atoms with E-state index in [1.54, 1.807) is 25.1 Å². The first-order valence-corrected chi connectivity index (χ1v) is 4.52. The number of nitro groups is 1. The zero-order chi connectivity index (χ0) is 11.3. The summed E-state index contributed by atoms with van der Waals surface area (Å²) in [6.07, 6.45) is 0.